The number of alkyl halides is 6. The van der Waals surface area contributed by atoms with Crippen molar-refractivity contribution in [3.05, 3.63) is 65.0 Å². The smallest absolute Gasteiger partial charge is 0.349 e. The minimum absolute atomic E-state index is 0.159. The van der Waals surface area contributed by atoms with Gasteiger partial charge in [-0.1, -0.05) is 32.0 Å². The Morgan fingerprint density at radius 2 is 1.51 bits per heavy atom. The van der Waals surface area contributed by atoms with Crippen LogP contribution in [0.4, 0.5) is 26.3 Å². The predicted octanol–water partition coefficient (Wildman–Crippen LogP) is 5.53. The van der Waals surface area contributed by atoms with E-state index < -0.39 is 29.4 Å². The lowest BCUT2D eigenvalue weighted by atomic mass is 9.62. The molecule has 1 aromatic heterocycles. The van der Waals surface area contributed by atoms with Gasteiger partial charge in [-0.2, -0.15) is 26.3 Å². The molecule has 0 atom stereocenters. The van der Waals surface area contributed by atoms with Crippen LogP contribution in [0.5, 0.6) is 0 Å². The summed E-state index contributed by atoms with van der Waals surface area (Å²) in [6.07, 6.45) is -5.60. The highest BCUT2D eigenvalue weighted by molar-refractivity contribution is 5.94. The van der Waals surface area contributed by atoms with Crippen molar-refractivity contribution in [2.24, 2.45) is 11.3 Å². The molecule has 1 N–H and O–H groups in total. The number of hydrogen-bond donors (Lipinski definition) is 1. The molecule has 0 bridgehead atoms. The van der Waals surface area contributed by atoms with Gasteiger partial charge in [-0.3, -0.25) is 9.78 Å². The highest BCUT2D eigenvalue weighted by Crippen LogP contribution is 2.44. The molecule has 11 heteroatoms. The average molecular weight is 504 g/mol. The van der Waals surface area contributed by atoms with Gasteiger partial charge in [-0.05, 0) is 48.3 Å². The normalized spacial score (nSPS) is 17.6. The molecule has 0 spiro atoms. The summed E-state index contributed by atoms with van der Waals surface area (Å²) in [6, 6.07) is 5.80. The molecule has 3 rings (SSSR count). The number of aromatic nitrogens is 1. The molecule has 192 valence electrons. The number of carbonyl (C=O) groups is 3. The third-order valence-electron chi connectivity index (χ3n) is 5.82. The Kier molecular flexibility index (Phi) is 10.2. The maximum Gasteiger partial charge on any atom is 0.417 e. The second-order valence-corrected chi connectivity index (χ2v) is 8.66. The average Bonchev–Trinajstić information content (AvgIpc) is 2.77. The predicted molar refractivity (Wildman–Crippen MR) is 116 cm³/mol. The molecule has 0 saturated heterocycles. The zero-order valence-corrected chi connectivity index (χ0v) is 19.2. The van der Waals surface area contributed by atoms with E-state index in [1.165, 1.54) is 6.07 Å². The first-order valence-corrected chi connectivity index (χ1v) is 10.3. The summed E-state index contributed by atoms with van der Waals surface area (Å²) < 4.78 is 77.2. The van der Waals surface area contributed by atoms with E-state index in [0.29, 0.717) is 31.0 Å². The van der Waals surface area contributed by atoms with E-state index in [-0.39, 0.29) is 22.9 Å². The summed E-state index contributed by atoms with van der Waals surface area (Å²) in [5.41, 5.74) is -1.56. The van der Waals surface area contributed by atoms with Crippen molar-refractivity contribution < 1.29 is 40.7 Å². The molecular weight excluding hydrogens is 478 g/mol. The van der Waals surface area contributed by atoms with Crippen LogP contribution in [0, 0.1) is 11.3 Å². The Morgan fingerprint density at radius 1 is 0.943 bits per heavy atom. The molecule has 1 fully saturated rings. The van der Waals surface area contributed by atoms with Crippen LogP contribution in [0.3, 0.4) is 0 Å². The number of nitrogens with one attached hydrogen (secondary N) is 1. The Morgan fingerprint density at radius 3 is 2.06 bits per heavy atom. The Hall–Kier alpha value is -3.24. The first-order valence-electron chi connectivity index (χ1n) is 10.3. The molecule has 5 nitrogen and oxygen atoms in total. The lowest BCUT2D eigenvalue weighted by Crippen LogP contribution is -2.49. The van der Waals surface area contributed by atoms with Crippen molar-refractivity contribution in [3.8, 4) is 0 Å². The van der Waals surface area contributed by atoms with Gasteiger partial charge in [0.2, 0.25) is 0 Å². The van der Waals surface area contributed by atoms with Gasteiger partial charge in [0.15, 0.2) is 0 Å². The van der Waals surface area contributed by atoms with Crippen LogP contribution in [-0.4, -0.2) is 30.5 Å². The maximum atomic E-state index is 12.9. The molecule has 35 heavy (non-hydrogen) atoms. The van der Waals surface area contributed by atoms with Crippen LogP contribution in [-0.2, 0) is 28.4 Å². The molecule has 1 aliphatic rings. The van der Waals surface area contributed by atoms with Crippen LogP contribution < -0.4 is 5.32 Å². The van der Waals surface area contributed by atoms with Gasteiger partial charge < -0.3 is 14.9 Å². The van der Waals surface area contributed by atoms with Crippen LogP contribution >= 0.6 is 0 Å². The second kappa shape index (κ2) is 11.9. The van der Waals surface area contributed by atoms with Crippen molar-refractivity contribution in [1.29, 1.82) is 0 Å². The van der Waals surface area contributed by atoms with Gasteiger partial charge in [0.25, 0.3) is 5.91 Å². The van der Waals surface area contributed by atoms with Crippen molar-refractivity contribution in [1.82, 2.24) is 10.3 Å². The molecule has 0 radical (unpaired) electrons. The van der Waals surface area contributed by atoms with E-state index >= 15 is 0 Å². The molecule has 0 aliphatic heterocycles. The quantitative estimate of drug-likeness (QED) is 0.544. The molecule has 1 heterocycles. The summed E-state index contributed by atoms with van der Waals surface area (Å²) in [7, 11) is 0. The topological polar surface area (TPSA) is 76.1 Å². The molecule has 1 saturated carbocycles. The fraction of sp³-hybridized carbons (Fsp3) is 0.417. The van der Waals surface area contributed by atoms with Gasteiger partial charge in [0.1, 0.15) is 13.6 Å². The molecule has 1 aromatic carbocycles. The highest BCUT2D eigenvalue weighted by Gasteiger charge is 2.41. The number of hydrogen-bond acceptors (Lipinski definition) is 4. The third-order valence-corrected chi connectivity index (χ3v) is 5.82. The Labute approximate surface area is 198 Å². The van der Waals surface area contributed by atoms with Crippen molar-refractivity contribution in [2.75, 3.05) is 0 Å². The van der Waals surface area contributed by atoms with E-state index in [2.05, 4.69) is 10.3 Å². The van der Waals surface area contributed by atoms with Crippen molar-refractivity contribution >= 4 is 19.5 Å². The first-order chi connectivity index (χ1) is 16.3. The zero-order valence-electron chi connectivity index (χ0n) is 19.2. The number of benzene rings is 1. The monoisotopic (exact) mass is 504 g/mol. The van der Waals surface area contributed by atoms with Crippen LogP contribution in [0.15, 0.2) is 42.7 Å². The van der Waals surface area contributed by atoms with Crippen LogP contribution in [0.25, 0.3) is 0 Å². The second-order valence-electron chi connectivity index (χ2n) is 8.66. The molecule has 0 unspecified atom stereocenters. The largest absolute Gasteiger partial charge is 0.417 e. The summed E-state index contributed by atoms with van der Waals surface area (Å²) in [6.45, 7) is 7.93. The number of pyridine rings is 1. The number of carbonyl (C=O) groups excluding carboxylic acids is 3. The van der Waals surface area contributed by atoms with E-state index in [1.807, 2.05) is 27.4 Å². The van der Waals surface area contributed by atoms with Gasteiger partial charge in [-0.25, -0.2) is 0 Å². The molecule has 1 aliphatic carbocycles. The number of nitrogens with zero attached hydrogens (tertiary/aromatic N) is 1. The van der Waals surface area contributed by atoms with Crippen LogP contribution in [0.2, 0.25) is 0 Å². The Balaban J connectivity index is 0.00000145. The third kappa shape index (κ3) is 8.18. The summed E-state index contributed by atoms with van der Waals surface area (Å²) >= 11 is 0. The fourth-order valence-corrected chi connectivity index (χ4v) is 3.89. The zero-order chi connectivity index (χ0) is 27.0. The number of halogens is 6. The van der Waals surface area contributed by atoms with E-state index in [0.717, 1.165) is 24.4 Å². The minimum atomic E-state index is -4.59. The SMILES string of the molecule is C=O.C=O.CC(C)(Cc1cccc(C(F)(F)F)c1)C1CC(NC(=O)c2cncc(C(F)(F)F)c2)C1. The lowest BCUT2D eigenvalue weighted by Gasteiger charge is -2.46. The molecule has 1 amide bonds. The van der Waals surface area contributed by atoms with E-state index in [4.69, 9.17) is 9.59 Å². The van der Waals surface area contributed by atoms with Gasteiger partial charge in [0.05, 0.1) is 16.7 Å². The van der Waals surface area contributed by atoms with Crippen molar-refractivity contribution in [2.45, 2.75) is 51.5 Å². The molecular formula is C24H26F6N2O3. The number of amides is 1. The summed E-state index contributed by atoms with van der Waals surface area (Å²) in [5.74, 6) is -0.468. The van der Waals surface area contributed by atoms with Gasteiger partial charge in [0, 0.05) is 18.4 Å². The number of rotatable bonds is 5. The maximum absolute atomic E-state index is 12.9. The Bertz CT molecular complexity index is 984. The highest BCUT2D eigenvalue weighted by atomic mass is 19.4. The van der Waals surface area contributed by atoms with E-state index in [9.17, 15) is 31.1 Å². The van der Waals surface area contributed by atoms with Gasteiger partial charge >= 0.3 is 12.4 Å². The molecule has 2 aromatic rings. The standard InChI is InChI=1S/C22H22F6N2O.2CH2O/c1-20(2,10-13-4-3-5-15(6-13)21(23,24)25)16-8-18(9-16)30-19(31)14-7-17(12-29-11-14)22(26,27)28;2*1-2/h3-7,11-12,16,18H,8-10H2,1-2H3,(H,30,31);2*1H2. The summed E-state index contributed by atoms with van der Waals surface area (Å²) in [5, 5.41) is 2.71. The first kappa shape index (κ1) is 29.8. The van der Waals surface area contributed by atoms with Crippen LogP contribution in [0.1, 0.15) is 53.7 Å². The van der Waals surface area contributed by atoms with Gasteiger partial charge in [-0.15, -0.1) is 0 Å². The van der Waals surface area contributed by atoms with Crippen molar-refractivity contribution in [3.63, 3.8) is 0 Å². The lowest BCUT2D eigenvalue weighted by molar-refractivity contribution is -0.138. The summed E-state index contributed by atoms with van der Waals surface area (Å²) in [4.78, 5) is 31.8. The fourth-order valence-electron chi connectivity index (χ4n) is 3.89. The van der Waals surface area contributed by atoms with E-state index in [1.54, 1.807) is 6.07 Å². The minimum Gasteiger partial charge on any atom is -0.349 e.